The molecular weight excluding hydrogens is 418 g/mol. The van der Waals surface area contributed by atoms with Gasteiger partial charge in [0.25, 0.3) is 5.89 Å². The largest absolute Gasteiger partial charge is 0.459 e. The van der Waals surface area contributed by atoms with Gasteiger partial charge < -0.3 is 13.7 Å². The second-order valence-electron chi connectivity index (χ2n) is 5.54. The highest BCUT2D eigenvalue weighted by atomic mass is 79.9. The molecule has 26 heavy (non-hydrogen) atoms. The fraction of sp³-hybridized carbons (Fsp3) is 0.278. The van der Waals surface area contributed by atoms with Gasteiger partial charge in [-0.2, -0.15) is 0 Å². The molecule has 8 heteroatoms. The van der Waals surface area contributed by atoms with Gasteiger partial charge >= 0.3 is 0 Å². The van der Waals surface area contributed by atoms with Gasteiger partial charge in [-0.15, -0.1) is 22.0 Å². The van der Waals surface area contributed by atoms with E-state index in [1.165, 1.54) is 11.8 Å². The highest BCUT2D eigenvalue weighted by molar-refractivity contribution is 9.10. The van der Waals surface area contributed by atoms with Crippen LogP contribution in [0.25, 0.3) is 11.7 Å². The Balaban J connectivity index is 1.60. The van der Waals surface area contributed by atoms with Gasteiger partial charge in [0.05, 0.1) is 18.6 Å². The molecule has 0 atom stereocenters. The van der Waals surface area contributed by atoms with Gasteiger partial charge in [0, 0.05) is 15.9 Å². The molecule has 0 fully saturated rings. The third-order valence-electron chi connectivity index (χ3n) is 3.55. The van der Waals surface area contributed by atoms with Gasteiger partial charge in [-0.1, -0.05) is 22.9 Å². The molecule has 0 aliphatic carbocycles. The van der Waals surface area contributed by atoms with E-state index in [4.69, 9.17) is 8.83 Å². The first kappa shape index (κ1) is 18.7. The fourth-order valence-corrected chi connectivity index (χ4v) is 3.38. The summed E-state index contributed by atoms with van der Waals surface area (Å²) in [5, 5.41) is 8.00. The van der Waals surface area contributed by atoms with E-state index in [1.807, 2.05) is 31.2 Å². The lowest BCUT2D eigenvalue weighted by molar-refractivity contribution is -0.129. The van der Waals surface area contributed by atoms with Gasteiger partial charge in [0.15, 0.2) is 5.76 Å². The van der Waals surface area contributed by atoms with Crippen molar-refractivity contribution in [1.29, 1.82) is 0 Å². The summed E-state index contributed by atoms with van der Waals surface area (Å²) in [5.74, 6) is 1.63. The minimum Gasteiger partial charge on any atom is -0.459 e. The number of benzene rings is 1. The molecule has 136 valence electrons. The van der Waals surface area contributed by atoms with Crippen molar-refractivity contribution in [3.05, 3.63) is 53.0 Å². The number of halogens is 1. The molecule has 2 heterocycles. The Labute approximate surface area is 164 Å². The first-order chi connectivity index (χ1) is 12.7. The monoisotopic (exact) mass is 435 g/mol. The van der Waals surface area contributed by atoms with Gasteiger partial charge in [0.2, 0.25) is 11.8 Å². The maximum atomic E-state index is 12.6. The lowest BCUT2D eigenvalue weighted by Gasteiger charge is -2.20. The Morgan fingerprint density at radius 1 is 1.23 bits per heavy atom. The second-order valence-corrected chi connectivity index (χ2v) is 7.50. The molecule has 0 aliphatic rings. The third kappa shape index (κ3) is 4.98. The molecule has 1 amide bonds. The zero-order chi connectivity index (χ0) is 18.4. The number of hydrogen-bond donors (Lipinski definition) is 0. The van der Waals surface area contributed by atoms with Crippen molar-refractivity contribution in [2.24, 2.45) is 0 Å². The third-order valence-corrected chi connectivity index (χ3v) is 5.07. The van der Waals surface area contributed by atoms with E-state index < -0.39 is 0 Å². The van der Waals surface area contributed by atoms with Crippen LogP contribution in [0.15, 0.2) is 60.9 Å². The lowest BCUT2D eigenvalue weighted by atomic mass is 10.4. The van der Waals surface area contributed by atoms with Crippen molar-refractivity contribution in [2.45, 2.75) is 24.8 Å². The molecule has 0 radical (unpaired) electrons. The van der Waals surface area contributed by atoms with Crippen molar-refractivity contribution in [3.63, 3.8) is 0 Å². The summed E-state index contributed by atoms with van der Waals surface area (Å²) in [6.45, 7) is 2.96. The zero-order valence-corrected chi connectivity index (χ0v) is 16.6. The van der Waals surface area contributed by atoms with E-state index >= 15 is 0 Å². The van der Waals surface area contributed by atoms with Crippen LogP contribution in [0.5, 0.6) is 0 Å². The summed E-state index contributed by atoms with van der Waals surface area (Å²) in [4.78, 5) is 15.4. The normalized spacial score (nSPS) is 10.8. The van der Waals surface area contributed by atoms with Crippen LogP contribution >= 0.6 is 27.7 Å². The van der Waals surface area contributed by atoms with Crippen LogP contribution in [0.3, 0.4) is 0 Å². The topological polar surface area (TPSA) is 72.4 Å². The number of furan rings is 1. The first-order valence-electron chi connectivity index (χ1n) is 8.18. The number of nitrogens with zero attached hydrogens (tertiary/aromatic N) is 3. The predicted octanol–water partition coefficient (Wildman–Crippen LogP) is 4.62. The molecule has 3 rings (SSSR count). The average Bonchev–Trinajstić information content (AvgIpc) is 3.32. The highest BCUT2D eigenvalue weighted by Gasteiger charge is 2.18. The maximum absolute atomic E-state index is 12.6. The van der Waals surface area contributed by atoms with Crippen molar-refractivity contribution in [2.75, 3.05) is 12.3 Å². The SMILES string of the molecule is CCCN(Cc1nnc(-c2ccco2)o1)C(=O)CSc1ccc(Br)cc1. The second kappa shape index (κ2) is 9.05. The smallest absolute Gasteiger partial charge is 0.283 e. The lowest BCUT2D eigenvalue weighted by Crippen LogP contribution is -2.32. The van der Waals surface area contributed by atoms with E-state index in [9.17, 15) is 4.79 Å². The van der Waals surface area contributed by atoms with Crippen molar-refractivity contribution in [3.8, 4) is 11.7 Å². The summed E-state index contributed by atoms with van der Waals surface area (Å²) >= 11 is 4.92. The quantitative estimate of drug-likeness (QED) is 0.480. The fourth-order valence-electron chi connectivity index (χ4n) is 2.31. The molecule has 1 aromatic carbocycles. The number of carbonyl (C=O) groups is 1. The number of thioether (sulfide) groups is 1. The number of amides is 1. The standard InChI is InChI=1S/C18H18BrN3O3S/c1-2-9-22(17(23)12-26-14-7-5-13(19)6-8-14)11-16-20-21-18(25-16)15-4-3-10-24-15/h3-8,10H,2,9,11-12H2,1H3. The van der Waals surface area contributed by atoms with E-state index in [1.54, 1.807) is 23.3 Å². The van der Waals surface area contributed by atoms with Crippen LogP contribution in [0.4, 0.5) is 0 Å². The van der Waals surface area contributed by atoms with Gasteiger partial charge in [0.1, 0.15) is 0 Å². The van der Waals surface area contributed by atoms with Crippen LogP contribution in [-0.2, 0) is 11.3 Å². The molecule has 6 nitrogen and oxygen atoms in total. The Morgan fingerprint density at radius 3 is 2.73 bits per heavy atom. The number of carbonyl (C=O) groups excluding carboxylic acids is 1. The summed E-state index contributed by atoms with van der Waals surface area (Å²) in [6, 6.07) is 11.4. The van der Waals surface area contributed by atoms with Crippen LogP contribution in [-0.4, -0.2) is 33.3 Å². The zero-order valence-electron chi connectivity index (χ0n) is 14.2. The van der Waals surface area contributed by atoms with Gasteiger partial charge in [-0.3, -0.25) is 4.79 Å². The van der Waals surface area contributed by atoms with Crippen molar-refractivity contribution in [1.82, 2.24) is 15.1 Å². The average molecular weight is 436 g/mol. The Hall–Kier alpha value is -2.06. The summed E-state index contributed by atoms with van der Waals surface area (Å²) in [7, 11) is 0. The van der Waals surface area contributed by atoms with Gasteiger partial charge in [-0.05, 0) is 42.8 Å². The molecule has 2 aromatic heterocycles. The van der Waals surface area contributed by atoms with Crippen LogP contribution in [0.2, 0.25) is 0 Å². The molecule has 0 bridgehead atoms. The number of hydrogen-bond acceptors (Lipinski definition) is 6. The maximum Gasteiger partial charge on any atom is 0.283 e. The van der Waals surface area contributed by atoms with Crippen LogP contribution in [0, 0.1) is 0 Å². The van der Waals surface area contributed by atoms with Crippen LogP contribution in [0.1, 0.15) is 19.2 Å². The van der Waals surface area contributed by atoms with E-state index in [2.05, 4.69) is 26.1 Å². The summed E-state index contributed by atoms with van der Waals surface area (Å²) < 4.78 is 11.9. The van der Waals surface area contributed by atoms with Crippen molar-refractivity contribution >= 4 is 33.6 Å². The Kier molecular flexibility index (Phi) is 6.51. The molecule has 0 saturated heterocycles. The minimum atomic E-state index is 0.0394. The summed E-state index contributed by atoms with van der Waals surface area (Å²) in [6.07, 6.45) is 2.40. The summed E-state index contributed by atoms with van der Waals surface area (Å²) in [5.41, 5.74) is 0. The highest BCUT2D eigenvalue weighted by Crippen LogP contribution is 2.22. The molecule has 0 unspecified atom stereocenters. The Bertz CT molecular complexity index is 834. The number of aromatic nitrogens is 2. The Morgan fingerprint density at radius 2 is 2.04 bits per heavy atom. The van der Waals surface area contributed by atoms with E-state index in [0.29, 0.717) is 36.4 Å². The molecular formula is C18H18BrN3O3S. The van der Waals surface area contributed by atoms with Crippen molar-refractivity contribution < 1.29 is 13.6 Å². The molecule has 0 spiro atoms. The minimum absolute atomic E-state index is 0.0394. The molecule has 0 saturated carbocycles. The molecule has 0 N–H and O–H groups in total. The van der Waals surface area contributed by atoms with E-state index in [-0.39, 0.29) is 5.91 Å². The van der Waals surface area contributed by atoms with E-state index in [0.717, 1.165) is 15.8 Å². The molecule has 0 aliphatic heterocycles. The predicted molar refractivity (Wildman–Crippen MR) is 103 cm³/mol. The molecule has 3 aromatic rings. The first-order valence-corrected chi connectivity index (χ1v) is 9.96. The van der Waals surface area contributed by atoms with Gasteiger partial charge in [-0.25, -0.2) is 0 Å². The van der Waals surface area contributed by atoms with Crippen LogP contribution < -0.4 is 0 Å². The number of rotatable bonds is 8.